The van der Waals surface area contributed by atoms with Gasteiger partial charge in [-0.2, -0.15) is 0 Å². The molecule has 6 nitrogen and oxygen atoms in total. The van der Waals surface area contributed by atoms with Crippen molar-refractivity contribution in [2.75, 3.05) is 44.7 Å². The molecule has 152 valence electrons. The largest absolute Gasteiger partial charge is 0.484 e. The minimum atomic E-state index is -0.0189. The van der Waals surface area contributed by atoms with Gasteiger partial charge >= 0.3 is 0 Å². The maximum Gasteiger partial charge on any atom is 0.261 e. The van der Waals surface area contributed by atoms with Gasteiger partial charge in [0.05, 0.1) is 6.04 Å². The number of hydrogen-bond donors (Lipinski definition) is 0. The summed E-state index contributed by atoms with van der Waals surface area (Å²) < 4.78 is 5.82. The second-order valence-electron chi connectivity index (χ2n) is 7.71. The molecule has 0 aliphatic carbocycles. The molecule has 2 aliphatic rings. The summed E-state index contributed by atoms with van der Waals surface area (Å²) in [5.41, 5.74) is 1.97. The first kappa shape index (κ1) is 19.5. The SMILES string of the molecule is CN1CCN(C(=O)COc2cccc(N3CCCC3=O)c2)C(c2ccccc2)C1. The second-order valence-corrected chi connectivity index (χ2v) is 7.71. The molecule has 2 fully saturated rings. The average molecular weight is 393 g/mol. The van der Waals surface area contributed by atoms with Gasteiger partial charge in [0.15, 0.2) is 6.61 Å². The molecule has 4 rings (SSSR count). The van der Waals surface area contributed by atoms with Gasteiger partial charge in [0.25, 0.3) is 5.91 Å². The van der Waals surface area contributed by atoms with Crippen LogP contribution in [0.5, 0.6) is 5.75 Å². The van der Waals surface area contributed by atoms with Crippen molar-refractivity contribution in [3.05, 3.63) is 60.2 Å². The van der Waals surface area contributed by atoms with Gasteiger partial charge in [-0.1, -0.05) is 36.4 Å². The number of benzene rings is 2. The van der Waals surface area contributed by atoms with E-state index < -0.39 is 0 Å². The lowest BCUT2D eigenvalue weighted by Gasteiger charge is -2.40. The Hall–Kier alpha value is -2.86. The fraction of sp³-hybridized carbons (Fsp3) is 0.391. The lowest BCUT2D eigenvalue weighted by Crippen LogP contribution is -2.50. The van der Waals surface area contributed by atoms with Crippen LogP contribution in [0.25, 0.3) is 0 Å². The molecule has 0 bridgehead atoms. The quantitative estimate of drug-likeness (QED) is 0.784. The predicted octanol–water partition coefficient (Wildman–Crippen LogP) is 2.71. The molecule has 0 saturated carbocycles. The van der Waals surface area contributed by atoms with Crippen LogP contribution in [0.1, 0.15) is 24.4 Å². The van der Waals surface area contributed by atoms with Gasteiger partial charge in [-0.3, -0.25) is 9.59 Å². The molecule has 2 aliphatic heterocycles. The van der Waals surface area contributed by atoms with E-state index in [9.17, 15) is 9.59 Å². The number of likely N-dealkylation sites (N-methyl/N-ethyl adjacent to an activating group) is 1. The third-order valence-electron chi connectivity index (χ3n) is 5.65. The van der Waals surface area contributed by atoms with Crippen LogP contribution in [-0.2, 0) is 9.59 Å². The minimum absolute atomic E-state index is 0.00948. The molecule has 0 spiro atoms. The van der Waals surface area contributed by atoms with Crippen LogP contribution < -0.4 is 9.64 Å². The molecule has 2 heterocycles. The molecular weight excluding hydrogens is 366 g/mol. The number of piperazine rings is 1. The molecule has 1 atom stereocenters. The summed E-state index contributed by atoms with van der Waals surface area (Å²) in [6.07, 6.45) is 1.47. The van der Waals surface area contributed by atoms with Crippen molar-refractivity contribution in [2.24, 2.45) is 0 Å². The number of hydrogen-bond acceptors (Lipinski definition) is 4. The summed E-state index contributed by atoms with van der Waals surface area (Å²) in [4.78, 5) is 30.9. The van der Waals surface area contributed by atoms with E-state index in [-0.39, 0.29) is 24.5 Å². The topological polar surface area (TPSA) is 53.1 Å². The molecular formula is C23H27N3O3. The lowest BCUT2D eigenvalue weighted by atomic mass is 10.0. The van der Waals surface area contributed by atoms with Crippen LogP contribution in [0, 0.1) is 0 Å². The monoisotopic (exact) mass is 393 g/mol. The summed E-state index contributed by atoms with van der Waals surface area (Å²) in [7, 11) is 2.08. The number of carbonyl (C=O) groups is 2. The Labute approximate surface area is 171 Å². The molecule has 1 unspecified atom stereocenters. The van der Waals surface area contributed by atoms with Crippen LogP contribution in [0.4, 0.5) is 5.69 Å². The van der Waals surface area contributed by atoms with Crippen molar-refractivity contribution in [3.8, 4) is 5.75 Å². The maximum absolute atomic E-state index is 13.0. The first-order valence-corrected chi connectivity index (χ1v) is 10.2. The molecule has 2 aromatic rings. The van der Waals surface area contributed by atoms with Gasteiger partial charge in [0.1, 0.15) is 5.75 Å². The van der Waals surface area contributed by atoms with E-state index in [2.05, 4.69) is 24.1 Å². The van der Waals surface area contributed by atoms with Crippen molar-refractivity contribution in [1.29, 1.82) is 0 Å². The Morgan fingerprint density at radius 1 is 1.07 bits per heavy atom. The second kappa shape index (κ2) is 8.66. The molecule has 0 aromatic heterocycles. The van der Waals surface area contributed by atoms with Crippen molar-refractivity contribution >= 4 is 17.5 Å². The highest BCUT2D eigenvalue weighted by molar-refractivity contribution is 5.95. The van der Waals surface area contributed by atoms with E-state index in [1.165, 1.54) is 0 Å². The summed E-state index contributed by atoms with van der Waals surface area (Å²) in [5, 5.41) is 0. The standard InChI is InChI=1S/C23H27N3O3/c1-24-13-14-26(21(16-24)18-7-3-2-4-8-18)23(28)17-29-20-10-5-9-19(15-20)25-12-6-11-22(25)27/h2-5,7-10,15,21H,6,11-14,16-17H2,1H3. The number of carbonyl (C=O) groups excluding carboxylic acids is 2. The van der Waals surface area contributed by atoms with Gasteiger partial charge in [0, 0.05) is 44.4 Å². The molecule has 6 heteroatoms. The third-order valence-corrected chi connectivity index (χ3v) is 5.65. The summed E-state index contributed by atoms with van der Waals surface area (Å²) in [6, 6.07) is 17.6. The third kappa shape index (κ3) is 4.43. The van der Waals surface area contributed by atoms with Gasteiger partial charge in [0.2, 0.25) is 5.91 Å². The van der Waals surface area contributed by atoms with Crippen LogP contribution >= 0.6 is 0 Å². The summed E-state index contributed by atoms with van der Waals surface area (Å²) >= 11 is 0. The van der Waals surface area contributed by atoms with E-state index in [1.807, 2.05) is 47.4 Å². The zero-order chi connectivity index (χ0) is 20.2. The highest BCUT2D eigenvalue weighted by Gasteiger charge is 2.30. The van der Waals surface area contributed by atoms with E-state index in [4.69, 9.17) is 4.74 Å². The molecule has 0 N–H and O–H groups in total. The van der Waals surface area contributed by atoms with E-state index in [0.717, 1.165) is 37.3 Å². The fourth-order valence-electron chi connectivity index (χ4n) is 4.07. The normalized spacial score (nSPS) is 20.2. The molecule has 29 heavy (non-hydrogen) atoms. The van der Waals surface area contributed by atoms with Crippen molar-refractivity contribution in [1.82, 2.24) is 9.80 Å². The number of nitrogens with zero attached hydrogens (tertiary/aromatic N) is 3. The first-order valence-electron chi connectivity index (χ1n) is 10.2. The molecule has 0 radical (unpaired) electrons. The first-order chi connectivity index (χ1) is 14.1. The smallest absolute Gasteiger partial charge is 0.261 e. The summed E-state index contributed by atoms with van der Waals surface area (Å²) in [5.74, 6) is 0.733. The van der Waals surface area contributed by atoms with Gasteiger partial charge < -0.3 is 19.4 Å². The highest BCUT2D eigenvalue weighted by Crippen LogP contribution is 2.27. The van der Waals surface area contributed by atoms with Crippen LogP contribution in [0.3, 0.4) is 0 Å². The summed E-state index contributed by atoms with van der Waals surface area (Å²) in [6.45, 7) is 3.07. The van der Waals surface area contributed by atoms with Gasteiger partial charge in [-0.15, -0.1) is 0 Å². The van der Waals surface area contributed by atoms with Crippen molar-refractivity contribution in [2.45, 2.75) is 18.9 Å². The lowest BCUT2D eigenvalue weighted by molar-refractivity contribution is -0.138. The van der Waals surface area contributed by atoms with Gasteiger partial charge in [-0.05, 0) is 31.2 Å². The number of ether oxygens (including phenoxy) is 1. The number of amides is 2. The molecule has 2 aromatic carbocycles. The van der Waals surface area contributed by atoms with E-state index >= 15 is 0 Å². The Morgan fingerprint density at radius 2 is 1.90 bits per heavy atom. The number of anilines is 1. The predicted molar refractivity (Wildman–Crippen MR) is 112 cm³/mol. The maximum atomic E-state index is 13.0. The zero-order valence-corrected chi connectivity index (χ0v) is 16.8. The van der Waals surface area contributed by atoms with Gasteiger partial charge in [-0.25, -0.2) is 0 Å². The van der Waals surface area contributed by atoms with Crippen molar-refractivity contribution < 1.29 is 14.3 Å². The molecule has 2 amide bonds. The Bertz CT molecular complexity index is 871. The van der Waals surface area contributed by atoms with E-state index in [0.29, 0.717) is 18.7 Å². The number of rotatable bonds is 5. The van der Waals surface area contributed by atoms with E-state index in [1.54, 1.807) is 4.90 Å². The Morgan fingerprint density at radius 3 is 2.66 bits per heavy atom. The minimum Gasteiger partial charge on any atom is -0.484 e. The van der Waals surface area contributed by atoms with Crippen molar-refractivity contribution in [3.63, 3.8) is 0 Å². The highest BCUT2D eigenvalue weighted by atomic mass is 16.5. The Balaban J connectivity index is 1.43. The zero-order valence-electron chi connectivity index (χ0n) is 16.8. The fourth-order valence-corrected chi connectivity index (χ4v) is 4.07. The Kier molecular flexibility index (Phi) is 5.81. The van der Waals surface area contributed by atoms with Crippen LogP contribution in [0.2, 0.25) is 0 Å². The van der Waals surface area contributed by atoms with Crippen LogP contribution in [0.15, 0.2) is 54.6 Å². The molecule has 2 saturated heterocycles. The average Bonchev–Trinajstić information content (AvgIpc) is 3.19. The van der Waals surface area contributed by atoms with Crippen LogP contribution in [-0.4, -0.2) is 61.4 Å².